The Morgan fingerprint density at radius 1 is 1.32 bits per heavy atom. The Balaban J connectivity index is 1.77. The van der Waals surface area contributed by atoms with Gasteiger partial charge in [-0.15, -0.1) is 0 Å². The number of hydrogen-bond donors (Lipinski definition) is 0. The van der Waals surface area contributed by atoms with Crippen LogP contribution >= 0.6 is 0 Å². The molecule has 3 nitrogen and oxygen atoms in total. The molecule has 0 N–H and O–H groups in total. The molecule has 0 bridgehead atoms. The molecule has 1 unspecified atom stereocenters. The molecule has 0 amide bonds. The van der Waals surface area contributed by atoms with E-state index in [-0.39, 0.29) is 5.97 Å². The zero-order valence-electron chi connectivity index (χ0n) is 16.4. The Hall–Kier alpha value is -1.09. The van der Waals surface area contributed by atoms with Crippen LogP contribution in [0.3, 0.4) is 0 Å². The number of carbonyl (C=O) groups excluding carboxylic acids is 1. The van der Waals surface area contributed by atoms with Gasteiger partial charge in [0.2, 0.25) is 6.29 Å². The Bertz CT molecular complexity index is 574. The van der Waals surface area contributed by atoms with Crippen molar-refractivity contribution in [2.75, 3.05) is 6.61 Å². The van der Waals surface area contributed by atoms with E-state index in [9.17, 15) is 4.79 Å². The Morgan fingerprint density at radius 2 is 2.08 bits per heavy atom. The molecular formula is C22H34O3. The van der Waals surface area contributed by atoms with Gasteiger partial charge in [0.1, 0.15) is 0 Å². The molecule has 3 aliphatic rings. The van der Waals surface area contributed by atoms with E-state index in [1.807, 2.05) is 6.92 Å². The standard InChI is InChI=1S/C22H34O3/c1-6-24-19-14-16(20(23)25-19)9-10-17-15(2)8-11-18-21(3,4)12-7-13-22(17,18)5/h9,17-19H,2,6-8,10-14H2,1,3-5H3/b16-9+/t17-,18-,19?,22+/m1/s1. The van der Waals surface area contributed by atoms with Crippen molar-refractivity contribution in [1.82, 2.24) is 0 Å². The van der Waals surface area contributed by atoms with E-state index in [1.165, 1.54) is 31.3 Å². The molecular weight excluding hydrogens is 312 g/mol. The molecule has 0 radical (unpaired) electrons. The van der Waals surface area contributed by atoms with Gasteiger partial charge in [-0.2, -0.15) is 0 Å². The van der Waals surface area contributed by atoms with Crippen LogP contribution in [0, 0.1) is 22.7 Å². The van der Waals surface area contributed by atoms with Gasteiger partial charge < -0.3 is 9.47 Å². The van der Waals surface area contributed by atoms with Crippen molar-refractivity contribution in [2.24, 2.45) is 22.7 Å². The highest BCUT2D eigenvalue weighted by molar-refractivity contribution is 5.90. The van der Waals surface area contributed by atoms with Crippen molar-refractivity contribution in [3.63, 3.8) is 0 Å². The highest BCUT2D eigenvalue weighted by atomic mass is 16.7. The number of esters is 1. The molecule has 3 rings (SSSR count). The molecule has 2 aliphatic carbocycles. The Kier molecular flexibility index (Phi) is 5.16. The van der Waals surface area contributed by atoms with E-state index < -0.39 is 6.29 Å². The molecule has 3 heteroatoms. The van der Waals surface area contributed by atoms with Crippen molar-refractivity contribution < 1.29 is 14.3 Å². The Labute approximate surface area is 152 Å². The van der Waals surface area contributed by atoms with Gasteiger partial charge in [0, 0.05) is 18.6 Å². The second-order valence-electron chi connectivity index (χ2n) is 9.11. The van der Waals surface area contributed by atoms with Gasteiger partial charge in [0.05, 0.1) is 0 Å². The number of allylic oxidation sites excluding steroid dienone is 2. The van der Waals surface area contributed by atoms with Gasteiger partial charge in [0.15, 0.2) is 0 Å². The number of fused-ring (bicyclic) bond motifs is 1. The third-order valence-electron chi connectivity index (χ3n) is 7.16. The maximum absolute atomic E-state index is 12.1. The summed E-state index contributed by atoms with van der Waals surface area (Å²) in [6.07, 6.45) is 9.52. The predicted molar refractivity (Wildman–Crippen MR) is 99.9 cm³/mol. The first-order chi connectivity index (χ1) is 11.8. The fourth-order valence-electron chi connectivity index (χ4n) is 5.91. The molecule has 1 heterocycles. The van der Waals surface area contributed by atoms with Crippen LogP contribution in [0.1, 0.15) is 72.6 Å². The summed E-state index contributed by atoms with van der Waals surface area (Å²) >= 11 is 0. The molecule has 0 aromatic heterocycles. The van der Waals surface area contributed by atoms with Crippen molar-refractivity contribution in [3.8, 4) is 0 Å². The minimum atomic E-state index is -0.393. The number of cyclic esters (lactones) is 1. The topological polar surface area (TPSA) is 35.5 Å². The number of carbonyl (C=O) groups is 1. The summed E-state index contributed by atoms with van der Waals surface area (Å²) in [4.78, 5) is 12.1. The van der Waals surface area contributed by atoms with Crippen LogP contribution in [0.15, 0.2) is 23.8 Å². The minimum Gasteiger partial charge on any atom is -0.432 e. The summed E-state index contributed by atoms with van der Waals surface area (Å²) in [5.41, 5.74) is 2.87. The SMILES string of the molecule is C=C1CC[C@@H]2C(C)(C)CCC[C@@]2(C)[C@@H]1C/C=C1\CC(OCC)OC1=O. The lowest BCUT2D eigenvalue weighted by Gasteiger charge is -2.58. The highest BCUT2D eigenvalue weighted by Gasteiger charge is 2.52. The van der Waals surface area contributed by atoms with Gasteiger partial charge in [-0.1, -0.05) is 45.4 Å². The molecule has 2 saturated carbocycles. The van der Waals surface area contributed by atoms with E-state index in [0.717, 1.165) is 24.3 Å². The molecule has 0 spiro atoms. The van der Waals surface area contributed by atoms with Crippen LogP contribution in [-0.4, -0.2) is 18.9 Å². The normalized spacial score (nSPS) is 39.4. The van der Waals surface area contributed by atoms with Crippen LogP contribution in [0.5, 0.6) is 0 Å². The Morgan fingerprint density at radius 3 is 2.80 bits per heavy atom. The average molecular weight is 347 g/mol. The second-order valence-corrected chi connectivity index (χ2v) is 9.11. The van der Waals surface area contributed by atoms with Gasteiger partial charge >= 0.3 is 5.97 Å². The minimum absolute atomic E-state index is 0.203. The zero-order chi connectivity index (χ0) is 18.2. The molecule has 1 saturated heterocycles. The lowest BCUT2D eigenvalue weighted by molar-refractivity contribution is -0.160. The second kappa shape index (κ2) is 6.90. The first kappa shape index (κ1) is 18.7. The number of rotatable bonds is 4. The van der Waals surface area contributed by atoms with Gasteiger partial charge in [-0.3, -0.25) is 0 Å². The van der Waals surface area contributed by atoms with Gasteiger partial charge in [-0.25, -0.2) is 4.79 Å². The molecule has 3 fully saturated rings. The quantitative estimate of drug-likeness (QED) is 0.388. The van der Waals surface area contributed by atoms with Crippen LogP contribution in [0.4, 0.5) is 0 Å². The van der Waals surface area contributed by atoms with Crippen LogP contribution in [-0.2, 0) is 14.3 Å². The smallest absolute Gasteiger partial charge is 0.336 e. The van der Waals surface area contributed by atoms with E-state index in [0.29, 0.717) is 29.8 Å². The maximum Gasteiger partial charge on any atom is 0.336 e. The van der Waals surface area contributed by atoms with E-state index in [2.05, 4.69) is 33.4 Å². The molecule has 25 heavy (non-hydrogen) atoms. The molecule has 140 valence electrons. The van der Waals surface area contributed by atoms with Gasteiger partial charge in [0.25, 0.3) is 0 Å². The number of hydrogen-bond acceptors (Lipinski definition) is 3. The van der Waals surface area contributed by atoms with Crippen LogP contribution in [0.25, 0.3) is 0 Å². The fraction of sp³-hybridized carbons (Fsp3) is 0.773. The number of ether oxygens (including phenoxy) is 2. The largest absolute Gasteiger partial charge is 0.432 e. The molecule has 0 aromatic carbocycles. The summed E-state index contributed by atoms with van der Waals surface area (Å²) in [6.45, 7) is 14.3. The van der Waals surface area contributed by atoms with E-state index in [1.54, 1.807) is 0 Å². The first-order valence-electron chi connectivity index (χ1n) is 9.97. The van der Waals surface area contributed by atoms with E-state index in [4.69, 9.17) is 9.47 Å². The summed E-state index contributed by atoms with van der Waals surface area (Å²) in [5.74, 6) is 1.01. The summed E-state index contributed by atoms with van der Waals surface area (Å²) in [5, 5.41) is 0. The summed E-state index contributed by atoms with van der Waals surface area (Å²) in [7, 11) is 0. The zero-order valence-corrected chi connectivity index (χ0v) is 16.4. The fourth-order valence-corrected chi connectivity index (χ4v) is 5.91. The van der Waals surface area contributed by atoms with Crippen molar-refractivity contribution in [1.29, 1.82) is 0 Å². The third kappa shape index (κ3) is 3.45. The molecule has 1 aliphatic heterocycles. The lowest BCUT2D eigenvalue weighted by atomic mass is 9.47. The summed E-state index contributed by atoms with van der Waals surface area (Å²) in [6, 6.07) is 0. The van der Waals surface area contributed by atoms with Gasteiger partial charge in [-0.05, 0) is 61.7 Å². The monoisotopic (exact) mass is 346 g/mol. The molecule has 4 atom stereocenters. The van der Waals surface area contributed by atoms with Crippen LogP contribution in [0.2, 0.25) is 0 Å². The maximum atomic E-state index is 12.1. The summed E-state index contributed by atoms with van der Waals surface area (Å²) < 4.78 is 10.7. The van der Waals surface area contributed by atoms with E-state index >= 15 is 0 Å². The van der Waals surface area contributed by atoms with Crippen LogP contribution < -0.4 is 0 Å². The van der Waals surface area contributed by atoms with Crippen molar-refractivity contribution in [3.05, 3.63) is 23.8 Å². The van der Waals surface area contributed by atoms with Crippen molar-refractivity contribution >= 4 is 5.97 Å². The molecule has 0 aromatic rings. The van der Waals surface area contributed by atoms with Crippen molar-refractivity contribution in [2.45, 2.75) is 78.9 Å². The third-order valence-corrected chi connectivity index (χ3v) is 7.16. The predicted octanol–water partition coefficient (Wildman–Crippen LogP) is 5.41. The highest BCUT2D eigenvalue weighted by Crippen LogP contribution is 2.61. The lowest BCUT2D eigenvalue weighted by Crippen LogP contribution is -2.49. The average Bonchev–Trinajstić information content (AvgIpc) is 2.86. The first-order valence-corrected chi connectivity index (χ1v) is 9.97.